The standard InChI is InChI=1S/C33H33Cl2N3O4S/c1-2-21-36-33(40)31(22-25-13-6-3-7-14-25)37(23-28-29(34)19-12-20-30(28)35)32(39)24-38(26-15-8-4-9-16-26)43(41,42)27-17-10-5-11-18-27/h3-20,31H,2,21-24H2,1H3,(H,36,40). The summed E-state index contributed by atoms with van der Waals surface area (Å²) in [5.41, 5.74) is 1.60. The van der Waals surface area contributed by atoms with Gasteiger partial charge >= 0.3 is 0 Å². The van der Waals surface area contributed by atoms with Crippen molar-refractivity contribution < 1.29 is 18.0 Å². The minimum Gasteiger partial charge on any atom is -0.354 e. The Bertz CT molecular complexity index is 1600. The summed E-state index contributed by atoms with van der Waals surface area (Å²) >= 11 is 13.1. The summed E-state index contributed by atoms with van der Waals surface area (Å²) in [4.78, 5) is 29.5. The molecule has 0 saturated carbocycles. The van der Waals surface area contributed by atoms with Crippen LogP contribution in [0.3, 0.4) is 0 Å². The van der Waals surface area contributed by atoms with Gasteiger partial charge < -0.3 is 10.2 Å². The van der Waals surface area contributed by atoms with Gasteiger partial charge in [0.05, 0.1) is 10.6 Å². The number of hydrogen-bond donors (Lipinski definition) is 1. The van der Waals surface area contributed by atoms with Gasteiger partial charge in [-0.25, -0.2) is 8.42 Å². The van der Waals surface area contributed by atoms with Crippen molar-refractivity contribution in [2.24, 2.45) is 0 Å². The number of halogens is 2. The lowest BCUT2D eigenvalue weighted by molar-refractivity contribution is -0.140. The second kappa shape index (κ2) is 15.0. The van der Waals surface area contributed by atoms with Crippen LogP contribution in [0.25, 0.3) is 0 Å². The van der Waals surface area contributed by atoms with E-state index >= 15 is 0 Å². The van der Waals surface area contributed by atoms with Gasteiger partial charge in [0.1, 0.15) is 12.6 Å². The summed E-state index contributed by atoms with van der Waals surface area (Å²) in [6, 6.07) is 29.7. The molecule has 0 bridgehead atoms. The van der Waals surface area contributed by atoms with Crippen molar-refractivity contribution in [2.75, 3.05) is 17.4 Å². The van der Waals surface area contributed by atoms with E-state index in [1.807, 2.05) is 37.3 Å². The quantitative estimate of drug-likeness (QED) is 0.185. The molecule has 0 radical (unpaired) electrons. The molecule has 4 aromatic rings. The predicted octanol–water partition coefficient (Wildman–Crippen LogP) is 6.36. The third kappa shape index (κ3) is 8.16. The van der Waals surface area contributed by atoms with Crippen LogP contribution in [0.2, 0.25) is 10.0 Å². The molecule has 0 aromatic heterocycles. The third-order valence-corrected chi connectivity index (χ3v) is 9.36. The maximum Gasteiger partial charge on any atom is 0.264 e. The Kier molecular flexibility index (Phi) is 11.2. The van der Waals surface area contributed by atoms with Gasteiger partial charge in [-0.05, 0) is 48.4 Å². The number of anilines is 1. The van der Waals surface area contributed by atoms with Crippen LogP contribution in [0.4, 0.5) is 5.69 Å². The van der Waals surface area contributed by atoms with Crippen LogP contribution in [0.15, 0.2) is 114 Å². The van der Waals surface area contributed by atoms with Gasteiger partial charge in [0.15, 0.2) is 0 Å². The summed E-state index contributed by atoms with van der Waals surface area (Å²) in [5, 5.41) is 3.57. The molecule has 43 heavy (non-hydrogen) atoms. The largest absolute Gasteiger partial charge is 0.354 e. The predicted molar refractivity (Wildman–Crippen MR) is 172 cm³/mol. The number of para-hydroxylation sites is 1. The summed E-state index contributed by atoms with van der Waals surface area (Å²) in [6.07, 6.45) is 0.895. The SMILES string of the molecule is CCCNC(=O)C(Cc1ccccc1)N(Cc1c(Cl)cccc1Cl)C(=O)CN(c1ccccc1)S(=O)(=O)c1ccccc1. The van der Waals surface area contributed by atoms with E-state index in [1.165, 1.54) is 17.0 Å². The molecule has 0 aliphatic heterocycles. The Morgan fingerprint density at radius 2 is 1.35 bits per heavy atom. The number of hydrogen-bond acceptors (Lipinski definition) is 4. The lowest BCUT2D eigenvalue weighted by Crippen LogP contribution is -2.53. The molecule has 2 amide bonds. The number of nitrogens with one attached hydrogen (secondary N) is 1. The first-order valence-corrected chi connectivity index (χ1v) is 16.1. The van der Waals surface area contributed by atoms with E-state index in [0.29, 0.717) is 34.3 Å². The molecule has 1 unspecified atom stereocenters. The van der Waals surface area contributed by atoms with Gasteiger partial charge in [0, 0.05) is 35.1 Å². The van der Waals surface area contributed by atoms with Gasteiger partial charge in [0.25, 0.3) is 10.0 Å². The minimum absolute atomic E-state index is 0.0360. The Hall–Kier alpha value is -3.85. The lowest BCUT2D eigenvalue weighted by Gasteiger charge is -2.34. The zero-order valence-corrected chi connectivity index (χ0v) is 26.0. The Labute approximate surface area is 263 Å². The number of carbonyl (C=O) groups excluding carboxylic acids is 2. The minimum atomic E-state index is -4.16. The van der Waals surface area contributed by atoms with Crippen LogP contribution in [0.1, 0.15) is 24.5 Å². The number of rotatable bonds is 13. The normalized spacial score (nSPS) is 11.9. The number of carbonyl (C=O) groups is 2. The van der Waals surface area contributed by atoms with Gasteiger partial charge in [-0.15, -0.1) is 0 Å². The molecule has 0 heterocycles. The Morgan fingerprint density at radius 1 is 0.791 bits per heavy atom. The van der Waals surface area contributed by atoms with E-state index in [-0.39, 0.29) is 23.8 Å². The topological polar surface area (TPSA) is 86.8 Å². The van der Waals surface area contributed by atoms with Crippen LogP contribution >= 0.6 is 23.2 Å². The maximum atomic E-state index is 14.4. The molecule has 224 valence electrons. The van der Waals surface area contributed by atoms with Gasteiger partial charge in [0.2, 0.25) is 11.8 Å². The fourth-order valence-corrected chi connectivity index (χ4v) is 6.57. The van der Waals surface area contributed by atoms with E-state index in [1.54, 1.807) is 66.7 Å². The molecule has 1 N–H and O–H groups in total. The van der Waals surface area contributed by atoms with Crippen molar-refractivity contribution in [1.29, 1.82) is 0 Å². The molecular formula is C33H33Cl2N3O4S. The van der Waals surface area contributed by atoms with Crippen molar-refractivity contribution >= 4 is 50.7 Å². The van der Waals surface area contributed by atoms with Crippen molar-refractivity contribution in [3.8, 4) is 0 Å². The van der Waals surface area contributed by atoms with E-state index in [2.05, 4.69) is 5.32 Å². The monoisotopic (exact) mass is 637 g/mol. The Morgan fingerprint density at radius 3 is 1.93 bits per heavy atom. The first-order chi connectivity index (χ1) is 20.7. The average Bonchev–Trinajstić information content (AvgIpc) is 3.02. The van der Waals surface area contributed by atoms with E-state index < -0.39 is 28.5 Å². The van der Waals surface area contributed by atoms with Crippen molar-refractivity contribution in [3.63, 3.8) is 0 Å². The zero-order chi connectivity index (χ0) is 30.8. The molecule has 4 rings (SSSR count). The number of sulfonamides is 1. The molecule has 0 spiro atoms. The van der Waals surface area contributed by atoms with Gasteiger partial charge in [-0.2, -0.15) is 0 Å². The van der Waals surface area contributed by atoms with Crippen LogP contribution in [0, 0.1) is 0 Å². The van der Waals surface area contributed by atoms with Crippen LogP contribution < -0.4 is 9.62 Å². The maximum absolute atomic E-state index is 14.4. The van der Waals surface area contributed by atoms with Crippen molar-refractivity contribution in [1.82, 2.24) is 10.2 Å². The molecule has 0 aliphatic carbocycles. The highest BCUT2D eigenvalue weighted by Crippen LogP contribution is 2.29. The number of amides is 2. The number of benzene rings is 4. The van der Waals surface area contributed by atoms with Gasteiger partial charge in [-0.1, -0.05) is 103 Å². The first-order valence-electron chi connectivity index (χ1n) is 13.9. The van der Waals surface area contributed by atoms with E-state index in [0.717, 1.165) is 9.87 Å². The van der Waals surface area contributed by atoms with Crippen molar-refractivity contribution in [2.45, 2.75) is 37.2 Å². The molecular weight excluding hydrogens is 605 g/mol. The number of nitrogens with zero attached hydrogens (tertiary/aromatic N) is 2. The molecule has 0 aliphatic rings. The van der Waals surface area contributed by atoms with Crippen LogP contribution in [0.5, 0.6) is 0 Å². The molecule has 7 nitrogen and oxygen atoms in total. The van der Waals surface area contributed by atoms with Gasteiger partial charge in [-0.3, -0.25) is 13.9 Å². The highest BCUT2D eigenvalue weighted by Gasteiger charge is 2.35. The highest BCUT2D eigenvalue weighted by molar-refractivity contribution is 7.92. The van der Waals surface area contributed by atoms with Crippen LogP contribution in [-0.4, -0.2) is 44.3 Å². The summed E-state index contributed by atoms with van der Waals surface area (Å²) in [6.45, 7) is 1.68. The summed E-state index contributed by atoms with van der Waals surface area (Å²) in [7, 11) is -4.16. The second-order valence-electron chi connectivity index (χ2n) is 9.88. The fourth-order valence-electron chi connectivity index (χ4n) is 4.62. The lowest BCUT2D eigenvalue weighted by atomic mass is 10.0. The second-order valence-corrected chi connectivity index (χ2v) is 12.6. The molecule has 0 fully saturated rings. The summed E-state index contributed by atoms with van der Waals surface area (Å²) < 4.78 is 28.9. The molecule has 0 saturated heterocycles. The first kappa shape index (κ1) is 32.1. The summed E-state index contributed by atoms with van der Waals surface area (Å²) in [5.74, 6) is -0.952. The molecule has 4 aromatic carbocycles. The smallest absolute Gasteiger partial charge is 0.264 e. The zero-order valence-electron chi connectivity index (χ0n) is 23.7. The van der Waals surface area contributed by atoms with E-state index in [4.69, 9.17) is 23.2 Å². The van der Waals surface area contributed by atoms with Crippen molar-refractivity contribution in [3.05, 3.63) is 130 Å². The fraction of sp³-hybridized carbons (Fsp3) is 0.212. The highest BCUT2D eigenvalue weighted by atomic mass is 35.5. The van der Waals surface area contributed by atoms with E-state index in [9.17, 15) is 18.0 Å². The Balaban J connectivity index is 1.81. The van der Waals surface area contributed by atoms with Crippen LogP contribution in [-0.2, 0) is 32.6 Å². The average molecular weight is 639 g/mol. The molecule has 1 atom stereocenters. The third-order valence-electron chi connectivity index (χ3n) is 6.86. The molecule has 10 heteroatoms.